The predicted octanol–water partition coefficient (Wildman–Crippen LogP) is 1.60. The Bertz CT molecular complexity index is 665. The normalized spacial score (nSPS) is 12.9. The fraction of sp³-hybridized carbons (Fsp3) is 0.333. The maximum absolute atomic E-state index is 12.2. The minimum atomic E-state index is -4.12. The van der Waals surface area contributed by atoms with Crippen LogP contribution in [0.1, 0.15) is 19.4 Å². The second kappa shape index (κ2) is 6.22. The summed E-state index contributed by atoms with van der Waals surface area (Å²) in [4.78, 5) is 10.8. The average Bonchev–Trinajstić information content (AvgIpc) is 2.34. The maximum atomic E-state index is 12.2. The second-order valence-electron chi connectivity index (χ2n) is 4.43. The summed E-state index contributed by atoms with van der Waals surface area (Å²) in [5.41, 5.74) is -0.141. The molecule has 0 aromatic heterocycles. The number of nitrogens with zero attached hydrogens (tertiary/aromatic N) is 1. The molecular formula is C12H13ClN2O4S. The number of carboxylic acid groups (broad SMARTS) is 1. The quantitative estimate of drug-likeness (QED) is 0.858. The third-order valence-corrected chi connectivity index (χ3v) is 4.30. The highest BCUT2D eigenvalue weighted by Crippen LogP contribution is 2.20. The van der Waals surface area contributed by atoms with Crippen LogP contribution in [0.4, 0.5) is 0 Å². The zero-order valence-corrected chi connectivity index (χ0v) is 12.4. The van der Waals surface area contributed by atoms with Crippen LogP contribution in [0.5, 0.6) is 0 Å². The van der Waals surface area contributed by atoms with Gasteiger partial charge in [-0.1, -0.05) is 25.4 Å². The largest absolute Gasteiger partial charge is 0.480 e. The van der Waals surface area contributed by atoms with Crippen molar-refractivity contribution >= 4 is 27.6 Å². The van der Waals surface area contributed by atoms with E-state index in [-0.39, 0.29) is 15.5 Å². The molecule has 108 valence electrons. The molecule has 0 radical (unpaired) electrons. The molecule has 0 bridgehead atoms. The minimum Gasteiger partial charge on any atom is -0.480 e. The fourth-order valence-electron chi connectivity index (χ4n) is 1.53. The van der Waals surface area contributed by atoms with E-state index in [2.05, 4.69) is 4.72 Å². The number of nitriles is 1. The van der Waals surface area contributed by atoms with E-state index in [9.17, 15) is 13.2 Å². The molecule has 6 nitrogen and oxygen atoms in total. The van der Waals surface area contributed by atoms with E-state index >= 15 is 0 Å². The molecule has 1 atom stereocenters. The molecule has 0 spiro atoms. The van der Waals surface area contributed by atoms with Gasteiger partial charge in [0.05, 0.1) is 10.5 Å². The molecule has 0 saturated carbocycles. The van der Waals surface area contributed by atoms with Gasteiger partial charge in [0, 0.05) is 5.02 Å². The van der Waals surface area contributed by atoms with E-state index < -0.39 is 28.0 Å². The number of benzene rings is 1. The number of rotatable bonds is 5. The van der Waals surface area contributed by atoms with E-state index in [4.69, 9.17) is 22.0 Å². The van der Waals surface area contributed by atoms with Gasteiger partial charge in [0.15, 0.2) is 0 Å². The first-order valence-corrected chi connectivity index (χ1v) is 7.50. The van der Waals surface area contributed by atoms with Crippen LogP contribution in [0, 0.1) is 17.2 Å². The van der Waals surface area contributed by atoms with E-state index in [0.717, 1.165) is 0 Å². The van der Waals surface area contributed by atoms with Gasteiger partial charge in [0.2, 0.25) is 10.0 Å². The Hall–Kier alpha value is -1.62. The number of carbonyl (C=O) groups is 1. The molecule has 0 aliphatic heterocycles. The fourth-order valence-corrected chi connectivity index (χ4v) is 3.17. The Balaban J connectivity index is 3.25. The topological polar surface area (TPSA) is 107 Å². The van der Waals surface area contributed by atoms with Crippen LogP contribution in [0.15, 0.2) is 23.1 Å². The van der Waals surface area contributed by atoms with Gasteiger partial charge < -0.3 is 5.11 Å². The van der Waals surface area contributed by atoms with Crippen molar-refractivity contribution < 1.29 is 18.3 Å². The molecule has 0 amide bonds. The third-order valence-electron chi connectivity index (χ3n) is 2.57. The van der Waals surface area contributed by atoms with Crippen LogP contribution in [0.25, 0.3) is 0 Å². The van der Waals surface area contributed by atoms with Crippen LogP contribution in [-0.2, 0) is 14.8 Å². The summed E-state index contributed by atoms with van der Waals surface area (Å²) >= 11 is 5.69. The molecule has 0 heterocycles. The number of hydrogen-bond acceptors (Lipinski definition) is 4. The standard InChI is InChI=1S/C12H13ClN2O4S/c1-7(2)11(12(16)17)15-20(18,19)10-4-3-9(13)5-8(10)6-14/h3-5,7,11,15H,1-2H3,(H,16,17)/t11-/m0/s1. The van der Waals surface area contributed by atoms with Crippen LogP contribution in [0.2, 0.25) is 5.02 Å². The molecular weight excluding hydrogens is 304 g/mol. The monoisotopic (exact) mass is 316 g/mol. The van der Waals surface area contributed by atoms with Crippen molar-refractivity contribution in [2.24, 2.45) is 5.92 Å². The van der Waals surface area contributed by atoms with E-state index in [0.29, 0.717) is 0 Å². The molecule has 0 fully saturated rings. The Morgan fingerprint density at radius 2 is 2.05 bits per heavy atom. The Morgan fingerprint density at radius 1 is 1.45 bits per heavy atom. The van der Waals surface area contributed by atoms with E-state index in [1.165, 1.54) is 18.2 Å². The summed E-state index contributed by atoms with van der Waals surface area (Å²) in [5.74, 6) is -1.73. The molecule has 0 aliphatic rings. The van der Waals surface area contributed by atoms with Crippen LogP contribution in [0.3, 0.4) is 0 Å². The lowest BCUT2D eigenvalue weighted by atomic mass is 10.1. The molecule has 20 heavy (non-hydrogen) atoms. The zero-order valence-electron chi connectivity index (χ0n) is 10.8. The van der Waals surface area contributed by atoms with Gasteiger partial charge >= 0.3 is 5.97 Å². The Kier molecular flexibility index (Phi) is 5.11. The van der Waals surface area contributed by atoms with Gasteiger partial charge in [-0.3, -0.25) is 4.79 Å². The number of hydrogen-bond donors (Lipinski definition) is 2. The second-order valence-corrected chi connectivity index (χ2v) is 6.55. The van der Waals surface area contributed by atoms with Gasteiger partial charge in [-0.15, -0.1) is 0 Å². The predicted molar refractivity (Wildman–Crippen MR) is 72.8 cm³/mol. The summed E-state index contributed by atoms with van der Waals surface area (Å²) in [6.07, 6.45) is 0. The third kappa shape index (κ3) is 3.70. The summed E-state index contributed by atoms with van der Waals surface area (Å²) in [6, 6.07) is 4.15. The van der Waals surface area contributed by atoms with E-state index in [1.54, 1.807) is 19.9 Å². The number of sulfonamides is 1. The van der Waals surface area contributed by atoms with Gasteiger partial charge in [-0.2, -0.15) is 9.98 Å². The highest BCUT2D eigenvalue weighted by molar-refractivity contribution is 7.89. The lowest BCUT2D eigenvalue weighted by molar-refractivity contribution is -0.140. The molecule has 1 aromatic carbocycles. The average molecular weight is 317 g/mol. The number of carboxylic acids is 1. The highest BCUT2D eigenvalue weighted by atomic mass is 35.5. The highest BCUT2D eigenvalue weighted by Gasteiger charge is 2.29. The van der Waals surface area contributed by atoms with Gasteiger partial charge in [0.1, 0.15) is 12.1 Å². The summed E-state index contributed by atoms with van der Waals surface area (Å²) < 4.78 is 26.4. The molecule has 1 rings (SSSR count). The van der Waals surface area contributed by atoms with Crippen molar-refractivity contribution in [1.82, 2.24) is 4.72 Å². The summed E-state index contributed by atoms with van der Waals surface area (Å²) in [6.45, 7) is 3.16. The van der Waals surface area contributed by atoms with Crippen molar-refractivity contribution in [2.45, 2.75) is 24.8 Å². The smallest absolute Gasteiger partial charge is 0.322 e. The first kappa shape index (κ1) is 16.4. The van der Waals surface area contributed by atoms with Gasteiger partial charge in [0.25, 0.3) is 0 Å². The molecule has 2 N–H and O–H groups in total. The number of nitrogens with one attached hydrogen (secondary N) is 1. The lowest BCUT2D eigenvalue weighted by Crippen LogP contribution is -2.44. The van der Waals surface area contributed by atoms with Crippen molar-refractivity contribution in [2.75, 3.05) is 0 Å². The lowest BCUT2D eigenvalue weighted by Gasteiger charge is -2.18. The van der Waals surface area contributed by atoms with Gasteiger partial charge in [-0.05, 0) is 24.1 Å². The van der Waals surface area contributed by atoms with Crippen molar-refractivity contribution in [3.05, 3.63) is 28.8 Å². The molecule has 0 unspecified atom stereocenters. The molecule has 0 saturated heterocycles. The first-order chi connectivity index (χ1) is 9.19. The van der Waals surface area contributed by atoms with Crippen LogP contribution < -0.4 is 4.72 Å². The minimum absolute atomic E-state index is 0.141. The number of halogens is 1. The van der Waals surface area contributed by atoms with E-state index in [1.807, 2.05) is 0 Å². The van der Waals surface area contributed by atoms with Gasteiger partial charge in [-0.25, -0.2) is 8.42 Å². The SMILES string of the molecule is CC(C)[C@H](NS(=O)(=O)c1ccc(Cl)cc1C#N)C(=O)O. The van der Waals surface area contributed by atoms with Crippen LogP contribution >= 0.6 is 11.6 Å². The first-order valence-electron chi connectivity index (χ1n) is 5.64. The molecule has 1 aromatic rings. The number of aliphatic carboxylic acids is 1. The van der Waals surface area contributed by atoms with Crippen LogP contribution in [-0.4, -0.2) is 25.5 Å². The molecule has 8 heteroatoms. The van der Waals surface area contributed by atoms with Crippen molar-refractivity contribution in [3.63, 3.8) is 0 Å². The summed E-state index contributed by atoms with van der Waals surface area (Å²) in [5, 5.41) is 18.2. The molecule has 0 aliphatic carbocycles. The maximum Gasteiger partial charge on any atom is 0.322 e. The van der Waals surface area contributed by atoms with Crippen molar-refractivity contribution in [3.8, 4) is 6.07 Å². The zero-order chi connectivity index (χ0) is 15.5. The Labute approximate surface area is 122 Å². The summed E-state index contributed by atoms with van der Waals surface area (Å²) in [7, 11) is -4.12. The Morgan fingerprint density at radius 3 is 2.50 bits per heavy atom. The van der Waals surface area contributed by atoms with Crippen molar-refractivity contribution in [1.29, 1.82) is 5.26 Å².